The predicted octanol–water partition coefficient (Wildman–Crippen LogP) is 3.69. The first-order valence-electron chi connectivity index (χ1n) is 14.9. The number of rotatable bonds is 8. The largest absolute Gasteiger partial charge is 0.391 e. The number of hydrogen-bond donors (Lipinski definition) is 2. The summed E-state index contributed by atoms with van der Waals surface area (Å²) < 4.78 is 7.34. The lowest BCUT2D eigenvalue weighted by Crippen LogP contribution is -2.53. The van der Waals surface area contributed by atoms with Gasteiger partial charge in [-0.3, -0.25) is 9.59 Å². The van der Waals surface area contributed by atoms with E-state index < -0.39 is 23.6 Å². The second-order valence-corrected chi connectivity index (χ2v) is 13.9. The zero-order valence-electron chi connectivity index (χ0n) is 24.5. The lowest BCUT2D eigenvalue weighted by atomic mass is 9.80. The van der Waals surface area contributed by atoms with Crippen LogP contribution in [-0.4, -0.2) is 80.2 Å². The molecule has 1 aromatic carbocycles. The van der Waals surface area contributed by atoms with Gasteiger partial charge in [0.15, 0.2) is 0 Å². The third-order valence-electron chi connectivity index (χ3n) is 8.79. The van der Waals surface area contributed by atoms with Gasteiger partial charge in [0.2, 0.25) is 11.8 Å². The van der Waals surface area contributed by atoms with Gasteiger partial charge in [0.1, 0.15) is 17.1 Å². The lowest BCUT2D eigenvalue weighted by molar-refractivity contribution is -0.144. The van der Waals surface area contributed by atoms with Gasteiger partial charge < -0.3 is 20.1 Å². The molecule has 224 valence electrons. The van der Waals surface area contributed by atoms with Crippen LogP contribution in [0.2, 0.25) is 0 Å². The average Bonchev–Trinajstić information content (AvgIpc) is 3.34. The van der Waals surface area contributed by atoms with Gasteiger partial charge >= 0.3 is 0 Å². The Hall–Kier alpha value is -3.15. The number of amides is 2. The third kappa shape index (κ3) is 5.87. The van der Waals surface area contributed by atoms with Gasteiger partial charge in [0, 0.05) is 61.2 Å². The van der Waals surface area contributed by atoms with Crippen LogP contribution in [0.25, 0.3) is 11.3 Å². The number of carbonyl (C=O) groups excluding carboxylic acids is 2. The van der Waals surface area contributed by atoms with Crippen LogP contribution in [-0.2, 0) is 19.7 Å². The molecule has 0 radical (unpaired) electrons. The van der Waals surface area contributed by atoms with E-state index in [0.29, 0.717) is 25.7 Å². The van der Waals surface area contributed by atoms with E-state index in [4.69, 9.17) is 9.72 Å². The SMILES string of the molecule is CC(C)(C)[C@@H](C(=O)N1C[C@H](O)C[C@H]1C(=O)NCC1(c2nc(-c3ccccc3)cs2)CCOCC1)n1cc(C2CC2)nn1. The smallest absolute Gasteiger partial charge is 0.248 e. The van der Waals surface area contributed by atoms with Crippen LogP contribution >= 0.6 is 11.3 Å². The van der Waals surface area contributed by atoms with Gasteiger partial charge in [-0.05, 0) is 31.1 Å². The number of aliphatic hydroxyl groups excluding tert-OH is 1. The van der Waals surface area contributed by atoms with Gasteiger partial charge in [-0.1, -0.05) is 56.3 Å². The summed E-state index contributed by atoms with van der Waals surface area (Å²) in [6.07, 6.45) is 4.97. The van der Waals surface area contributed by atoms with Crippen LogP contribution in [0.3, 0.4) is 0 Å². The number of thiazole rings is 1. The summed E-state index contributed by atoms with van der Waals surface area (Å²) in [5.74, 6) is -0.0594. The first-order chi connectivity index (χ1) is 20.1. The molecular formula is C31H40N6O4S. The van der Waals surface area contributed by atoms with Crippen molar-refractivity contribution in [3.05, 3.63) is 52.6 Å². The van der Waals surface area contributed by atoms with E-state index in [9.17, 15) is 14.7 Å². The maximum atomic E-state index is 14.1. The minimum absolute atomic E-state index is 0.111. The Kier molecular flexibility index (Phi) is 7.93. The van der Waals surface area contributed by atoms with Crippen molar-refractivity contribution >= 4 is 23.2 Å². The quantitative estimate of drug-likeness (QED) is 0.409. The summed E-state index contributed by atoms with van der Waals surface area (Å²) in [7, 11) is 0. The van der Waals surface area contributed by atoms with Crippen LogP contribution in [0.15, 0.2) is 41.9 Å². The summed E-state index contributed by atoms with van der Waals surface area (Å²) in [6, 6.07) is 8.67. The minimum Gasteiger partial charge on any atom is -0.391 e. The van der Waals surface area contributed by atoms with Gasteiger partial charge in [0.05, 0.1) is 17.5 Å². The second-order valence-electron chi connectivity index (χ2n) is 13.1. The molecule has 3 aliphatic rings. The second kappa shape index (κ2) is 11.5. The molecule has 3 aromatic rings. The maximum Gasteiger partial charge on any atom is 0.248 e. The molecule has 0 spiro atoms. The van der Waals surface area contributed by atoms with E-state index in [1.165, 1.54) is 0 Å². The number of benzene rings is 1. The molecule has 2 aliphatic heterocycles. The van der Waals surface area contributed by atoms with Crippen molar-refractivity contribution in [2.45, 2.75) is 82.4 Å². The normalized spacial score (nSPS) is 23.1. The zero-order valence-corrected chi connectivity index (χ0v) is 25.3. The molecular weight excluding hydrogens is 552 g/mol. The highest BCUT2D eigenvalue weighted by molar-refractivity contribution is 7.10. The number of β-amino-alcohol motifs (C(OH)–C–C–N with tert-alkyl or cyclic N) is 1. The van der Waals surface area contributed by atoms with Crippen LogP contribution in [0, 0.1) is 5.41 Å². The Morgan fingerprint density at radius 3 is 2.62 bits per heavy atom. The highest BCUT2D eigenvalue weighted by Crippen LogP contribution is 2.41. The summed E-state index contributed by atoms with van der Waals surface area (Å²) >= 11 is 1.61. The topological polar surface area (TPSA) is 122 Å². The molecule has 2 amide bonds. The van der Waals surface area contributed by atoms with Gasteiger partial charge in [-0.2, -0.15) is 0 Å². The Labute approximate surface area is 250 Å². The van der Waals surface area contributed by atoms with E-state index in [1.807, 2.05) is 57.3 Å². The molecule has 3 atom stereocenters. The maximum absolute atomic E-state index is 14.1. The zero-order chi connectivity index (χ0) is 29.5. The van der Waals surface area contributed by atoms with Crippen molar-refractivity contribution in [3.63, 3.8) is 0 Å². The number of aliphatic hydroxyl groups is 1. The molecule has 42 heavy (non-hydrogen) atoms. The molecule has 11 heteroatoms. The standard InChI is InChI=1S/C31H40N6O4S/c1-30(2,3)26(37-17-23(34-35-37)21-9-10-21)28(40)36-16-22(38)15-25(36)27(39)32-19-31(11-13-41-14-12-31)29-33-24(18-42-29)20-7-5-4-6-8-20/h4-8,17-18,21-22,25-26,38H,9-16,19H2,1-3H3,(H,32,39)/t22-,25+,26-/m1/s1. The summed E-state index contributed by atoms with van der Waals surface area (Å²) in [5, 5.41) is 25.5. The van der Waals surface area contributed by atoms with E-state index in [2.05, 4.69) is 21.0 Å². The molecule has 2 N–H and O–H groups in total. The van der Waals surface area contributed by atoms with Gasteiger partial charge in [-0.25, -0.2) is 9.67 Å². The fourth-order valence-corrected chi connectivity index (χ4v) is 7.28. The van der Waals surface area contributed by atoms with Crippen LogP contribution < -0.4 is 5.32 Å². The van der Waals surface area contributed by atoms with E-state index in [1.54, 1.807) is 20.9 Å². The van der Waals surface area contributed by atoms with Crippen molar-refractivity contribution in [1.82, 2.24) is 30.2 Å². The van der Waals surface area contributed by atoms with Gasteiger partial charge in [0.25, 0.3) is 0 Å². The first-order valence-corrected chi connectivity index (χ1v) is 15.8. The number of aromatic nitrogens is 4. The minimum atomic E-state index is -0.771. The molecule has 1 aliphatic carbocycles. The molecule has 0 bridgehead atoms. The monoisotopic (exact) mass is 592 g/mol. The number of nitrogens with zero attached hydrogens (tertiary/aromatic N) is 5. The van der Waals surface area contributed by atoms with Crippen LogP contribution in [0.5, 0.6) is 0 Å². The van der Waals surface area contributed by atoms with Crippen molar-refractivity contribution in [2.24, 2.45) is 5.41 Å². The third-order valence-corrected chi connectivity index (χ3v) is 9.87. The first kappa shape index (κ1) is 28.9. The summed E-state index contributed by atoms with van der Waals surface area (Å²) in [6.45, 7) is 7.65. The van der Waals surface area contributed by atoms with Crippen molar-refractivity contribution in [2.75, 3.05) is 26.3 Å². The molecule has 3 fully saturated rings. The van der Waals surface area contributed by atoms with Gasteiger partial charge in [-0.15, -0.1) is 16.4 Å². The summed E-state index contributed by atoms with van der Waals surface area (Å²) in [4.78, 5) is 34.4. The number of nitrogens with one attached hydrogen (secondary N) is 1. The van der Waals surface area contributed by atoms with Crippen LogP contribution in [0.4, 0.5) is 0 Å². The number of ether oxygens (including phenoxy) is 1. The van der Waals surface area contributed by atoms with E-state index in [-0.39, 0.29) is 30.2 Å². The highest BCUT2D eigenvalue weighted by Gasteiger charge is 2.46. The molecule has 2 saturated heterocycles. The molecule has 6 rings (SSSR count). The van der Waals surface area contributed by atoms with E-state index in [0.717, 1.165) is 47.6 Å². The Bertz CT molecular complexity index is 1410. The molecule has 4 heterocycles. The van der Waals surface area contributed by atoms with Crippen molar-refractivity contribution in [3.8, 4) is 11.3 Å². The van der Waals surface area contributed by atoms with Crippen molar-refractivity contribution < 1.29 is 19.4 Å². The molecule has 1 saturated carbocycles. The Morgan fingerprint density at radius 1 is 1.19 bits per heavy atom. The van der Waals surface area contributed by atoms with Crippen LogP contribution in [0.1, 0.15) is 75.5 Å². The Morgan fingerprint density at radius 2 is 1.93 bits per heavy atom. The van der Waals surface area contributed by atoms with E-state index >= 15 is 0 Å². The molecule has 2 aromatic heterocycles. The fraction of sp³-hybridized carbons (Fsp3) is 0.581. The van der Waals surface area contributed by atoms with Crippen molar-refractivity contribution in [1.29, 1.82) is 0 Å². The Balaban J connectivity index is 1.20. The number of likely N-dealkylation sites (tertiary alicyclic amines) is 1. The molecule has 10 nitrogen and oxygen atoms in total. The lowest BCUT2D eigenvalue weighted by Gasteiger charge is -2.37. The highest BCUT2D eigenvalue weighted by atomic mass is 32.1. The number of carbonyl (C=O) groups is 2. The fourth-order valence-electron chi connectivity index (χ4n) is 6.19. The predicted molar refractivity (Wildman–Crippen MR) is 159 cm³/mol. The average molecular weight is 593 g/mol. The number of hydrogen-bond acceptors (Lipinski definition) is 8. The summed E-state index contributed by atoms with van der Waals surface area (Å²) in [5.41, 5.74) is 2.06. The molecule has 0 unspecified atom stereocenters.